The van der Waals surface area contributed by atoms with Crippen LogP contribution < -0.4 is 5.32 Å². The van der Waals surface area contributed by atoms with E-state index in [0.717, 1.165) is 4.90 Å². The smallest absolute Gasteiger partial charge is 0.326 e. The van der Waals surface area contributed by atoms with Crippen LogP contribution in [0.25, 0.3) is 0 Å². The summed E-state index contributed by atoms with van der Waals surface area (Å²) in [4.78, 5) is 38.9. The van der Waals surface area contributed by atoms with Crippen molar-refractivity contribution in [2.45, 2.75) is 31.3 Å². The number of methoxy groups -OCH3 is 1. The highest BCUT2D eigenvalue weighted by atomic mass is 16.5. The maximum Gasteiger partial charge on any atom is 0.326 e. The van der Waals surface area contributed by atoms with Gasteiger partial charge in [0, 0.05) is 7.05 Å². The normalized spacial score (nSPS) is 33.2. The Labute approximate surface area is 134 Å². The van der Waals surface area contributed by atoms with Crippen molar-refractivity contribution in [1.82, 2.24) is 10.2 Å². The molecule has 1 aromatic rings. The Hall–Kier alpha value is -2.15. The molecule has 23 heavy (non-hydrogen) atoms. The number of amides is 2. The minimum atomic E-state index is -1.21. The Morgan fingerprint density at radius 1 is 1.43 bits per heavy atom. The van der Waals surface area contributed by atoms with E-state index in [1.165, 1.54) is 20.4 Å². The van der Waals surface area contributed by atoms with Gasteiger partial charge in [0.25, 0.3) is 0 Å². The molecule has 2 fully saturated rings. The average Bonchev–Trinajstić information content (AvgIpc) is 3.22. The monoisotopic (exact) mass is 320 g/mol. The predicted molar refractivity (Wildman–Crippen MR) is 79.0 cm³/mol. The molecule has 2 saturated heterocycles. The summed E-state index contributed by atoms with van der Waals surface area (Å²) in [6.45, 7) is 1.92. The highest BCUT2D eigenvalue weighted by molar-refractivity contribution is 6.09. The van der Waals surface area contributed by atoms with Crippen LogP contribution in [0.2, 0.25) is 0 Å². The standard InChI is InChI=1S/C16H20N2O5/c1-4-7-16(15(21)22-3)11-10(13(19)18(2)14(11)20)12(17-16)9-6-5-8-23-9/h5-6,8,10-12,17H,4,7H2,1-3H3/t10-,11+,12-,16-/m0/s1. The van der Waals surface area contributed by atoms with Gasteiger partial charge in [0.1, 0.15) is 11.3 Å². The van der Waals surface area contributed by atoms with E-state index in [9.17, 15) is 14.4 Å². The minimum Gasteiger partial charge on any atom is -0.468 e. The van der Waals surface area contributed by atoms with E-state index in [1.807, 2.05) is 6.92 Å². The van der Waals surface area contributed by atoms with Crippen LogP contribution in [0.1, 0.15) is 31.6 Å². The summed E-state index contributed by atoms with van der Waals surface area (Å²) in [7, 11) is 2.75. The Kier molecular flexibility index (Phi) is 3.75. The fourth-order valence-corrected chi connectivity index (χ4v) is 3.95. The fourth-order valence-electron chi connectivity index (χ4n) is 3.95. The van der Waals surface area contributed by atoms with Crippen LogP contribution in [0.5, 0.6) is 0 Å². The Morgan fingerprint density at radius 2 is 2.17 bits per heavy atom. The zero-order valence-corrected chi connectivity index (χ0v) is 13.4. The second-order valence-corrected chi connectivity index (χ2v) is 6.09. The molecule has 2 aliphatic heterocycles. The average molecular weight is 320 g/mol. The molecule has 0 unspecified atom stereocenters. The number of hydrogen-bond donors (Lipinski definition) is 1. The van der Waals surface area contributed by atoms with E-state index in [4.69, 9.17) is 9.15 Å². The maximum absolute atomic E-state index is 12.6. The van der Waals surface area contributed by atoms with Crippen LogP contribution in [0.3, 0.4) is 0 Å². The third-order valence-electron chi connectivity index (χ3n) is 4.92. The van der Waals surface area contributed by atoms with Crippen LogP contribution in [-0.2, 0) is 19.1 Å². The Balaban J connectivity index is 2.13. The second kappa shape index (κ2) is 5.49. The van der Waals surface area contributed by atoms with Gasteiger partial charge in [-0.25, -0.2) is 0 Å². The van der Waals surface area contributed by atoms with Crippen LogP contribution >= 0.6 is 0 Å². The molecule has 0 spiro atoms. The first kappa shape index (κ1) is 15.7. The van der Waals surface area contributed by atoms with Crippen LogP contribution in [0.15, 0.2) is 22.8 Å². The van der Waals surface area contributed by atoms with Gasteiger partial charge >= 0.3 is 5.97 Å². The molecule has 2 amide bonds. The van der Waals surface area contributed by atoms with Crippen LogP contribution in [-0.4, -0.2) is 42.4 Å². The molecule has 2 aliphatic rings. The molecule has 1 N–H and O–H groups in total. The number of furan rings is 1. The number of hydrogen-bond acceptors (Lipinski definition) is 6. The lowest BCUT2D eigenvalue weighted by atomic mass is 9.77. The number of rotatable bonds is 4. The van der Waals surface area contributed by atoms with Gasteiger partial charge < -0.3 is 9.15 Å². The molecule has 124 valence electrons. The van der Waals surface area contributed by atoms with Gasteiger partial charge in [-0.3, -0.25) is 24.6 Å². The van der Waals surface area contributed by atoms with Crippen molar-refractivity contribution in [3.63, 3.8) is 0 Å². The van der Waals surface area contributed by atoms with E-state index in [0.29, 0.717) is 18.6 Å². The molecule has 0 saturated carbocycles. The van der Waals surface area contributed by atoms with Gasteiger partial charge in [-0.15, -0.1) is 0 Å². The van der Waals surface area contributed by atoms with Gasteiger partial charge in [0.05, 0.1) is 31.3 Å². The number of likely N-dealkylation sites (tertiary alicyclic amines) is 1. The zero-order valence-electron chi connectivity index (χ0n) is 13.4. The highest BCUT2D eigenvalue weighted by Crippen LogP contribution is 2.50. The summed E-state index contributed by atoms with van der Waals surface area (Å²) in [6.07, 6.45) is 2.58. The summed E-state index contributed by atoms with van der Waals surface area (Å²) in [6, 6.07) is 2.93. The summed E-state index contributed by atoms with van der Waals surface area (Å²) >= 11 is 0. The minimum absolute atomic E-state index is 0.296. The molecule has 0 aromatic carbocycles. The quantitative estimate of drug-likeness (QED) is 0.654. The Morgan fingerprint density at radius 3 is 2.74 bits per heavy atom. The lowest BCUT2D eigenvalue weighted by molar-refractivity contribution is -0.154. The van der Waals surface area contributed by atoms with Crippen molar-refractivity contribution in [3.8, 4) is 0 Å². The molecule has 0 bridgehead atoms. The van der Waals surface area contributed by atoms with Gasteiger partial charge in [-0.05, 0) is 18.6 Å². The van der Waals surface area contributed by atoms with Crippen LogP contribution in [0.4, 0.5) is 0 Å². The van der Waals surface area contributed by atoms with E-state index >= 15 is 0 Å². The number of ether oxygens (including phenoxy) is 1. The first-order valence-corrected chi connectivity index (χ1v) is 7.69. The van der Waals surface area contributed by atoms with E-state index in [1.54, 1.807) is 12.1 Å². The number of carbonyl (C=O) groups is 3. The predicted octanol–water partition coefficient (Wildman–Crippen LogP) is 0.867. The summed E-state index contributed by atoms with van der Waals surface area (Å²) in [5.41, 5.74) is -1.21. The van der Waals surface area contributed by atoms with E-state index in [-0.39, 0.29) is 11.8 Å². The molecule has 3 heterocycles. The molecule has 4 atom stereocenters. The highest BCUT2D eigenvalue weighted by Gasteiger charge is 2.68. The lowest BCUT2D eigenvalue weighted by Gasteiger charge is -2.31. The SMILES string of the molecule is CCC[C@]1(C(=O)OC)N[C@@H](c2ccco2)[C@H]2C(=O)N(C)C(=O)[C@@H]21. The zero-order chi connectivity index (χ0) is 16.8. The first-order chi connectivity index (χ1) is 11.0. The van der Waals surface area contributed by atoms with Gasteiger partial charge in [0.2, 0.25) is 11.8 Å². The van der Waals surface area contributed by atoms with Crippen molar-refractivity contribution < 1.29 is 23.5 Å². The third kappa shape index (κ3) is 2.03. The molecular formula is C16H20N2O5. The molecule has 7 nitrogen and oxygen atoms in total. The van der Waals surface area contributed by atoms with Gasteiger partial charge in [-0.2, -0.15) is 0 Å². The van der Waals surface area contributed by atoms with Crippen molar-refractivity contribution in [3.05, 3.63) is 24.2 Å². The number of fused-ring (bicyclic) bond motifs is 1. The Bertz CT molecular complexity index is 641. The number of imide groups is 1. The van der Waals surface area contributed by atoms with Crippen molar-refractivity contribution in [2.24, 2.45) is 11.8 Å². The topological polar surface area (TPSA) is 88.8 Å². The van der Waals surface area contributed by atoms with E-state index < -0.39 is 29.4 Å². The van der Waals surface area contributed by atoms with E-state index in [2.05, 4.69) is 5.32 Å². The first-order valence-electron chi connectivity index (χ1n) is 7.69. The largest absolute Gasteiger partial charge is 0.468 e. The summed E-state index contributed by atoms with van der Waals surface area (Å²) in [5, 5.41) is 3.21. The maximum atomic E-state index is 12.6. The van der Waals surface area contributed by atoms with Gasteiger partial charge in [0.15, 0.2) is 0 Å². The van der Waals surface area contributed by atoms with Crippen molar-refractivity contribution in [2.75, 3.05) is 14.2 Å². The summed E-state index contributed by atoms with van der Waals surface area (Å²) in [5.74, 6) is -2.05. The molecular weight excluding hydrogens is 300 g/mol. The molecule has 3 rings (SSSR count). The number of nitrogens with one attached hydrogen (secondary N) is 1. The molecule has 0 radical (unpaired) electrons. The van der Waals surface area contributed by atoms with Crippen molar-refractivity contribution >= 4 is 17.8 Å². The molecule has 0 aliphatic carbocycles. The van der Waals surface area contributed by atoms with Crippen molar-refractivity contribution in [1.29, 1.82) is 0 Å². The molecule has 1 aromatic heterocycles. The summed E-state index contributed by atoms with van der Waals surface area (Å²) < 4.78 is 10.4. The number of esters is 1. The fraction of sp³-hybridized carbons (Fsp3) is 0.562. The van der Waals surface area contributed by atoms with Crippen LogP contribution in [0, 0.1) is 11.8 Å². The number of carbonyl (C=O) groups excluding carboxylic acids is 3. The third-order valence-corrected chi connectivity index (χ3v) is 4.92. The molecule has 7 heteroatoms. The second-order valence-electron chi connectivity index (χ2n) is 6.09. The number of nitrogens with zero attached hydrogens (tertiary/aromatic N) is 1. The lowest BCUT2D eigenvalue weighted by Crippen LogP contribution is -2.55. The van der Waals surface area contributed by atoms with Gasteiger partial charge in [-0.1, -0.05) is 13.3 Å².